The summed E-state index contributed by atoms with van der Waals surface area (Å²) in [5.41, 5.74) is 0.339. The van der Waals surface area contributed by atoms with Gasteiger partial charge in [-0.05, 0) is 24.3 Å². The first-order chi connectivity index (χ1) is 11.0. The highest BCUT2D eigenvalue weighted by atomic mass is 35.5. The number of carboxylic acid groups (broad SMARTS) is 1. The van der Waals surface area contributed by atoms with Crippen molar-refractivity contribution in [2.75, 3.05) is 5.75 Å². The number of nitro groups is 1. The van der Waals surface area contributed by atoms with Gasteiger partial charge in [0.2, 0.25) is 0 Å². The molecule has 0 radical (unpaired) electrons. The zero-order valence-electron chi connectivity index (χ0n) is 11.6. The van der Waals surface area contributed by atoms with Crippen LogP contribution in [0.25, 0.3) is 11.3 Å². The second-order valence-electron chi connectivity index (χ2n) is 4.90. The predicted octanol–water partition coefficient (Wildman–Crippen LogP) is 3.30. The Bertz CT molecular complexity index is 778. The zero-order valence-corrected chi connectivity index (χ0v) is 13.1. The maximum Gasteiger partial charge on any atom is 0.321 e. The SMILES string of the molecule is O=C(O)C1CSC(c2ccc(-c3ccc(Cl)c([N+](=O)[O-])c3)o2)N1. The van der Waals surface area contributed by atoms with Gasteiger partial charge in [-0.3, -0.25) is 20.2 Å². The molecular formula is C14H11ClN2O5S. The lowest BCUT2D eigenvalue weighted by Gasteiger charge is -2.07. The lowest BCUT2D eigenvalue weighted by atomic mass is 10.1. The van der Waals surface area contributed by atoms with E-state index in [4.69, 9.17) is 21.1 Å². The number of hydrogen-bond donors (Lipinski definition) is 2. The van der Waals surface area contributed by atoms with Crippen LogP contribution < -0.4 is 5.32 Å². The van der Waals surface area contributed by atoms with Crippen LogP contribution in [0.15, 0.2) is 34.7 Å². The van der Waals surface area contributed by atoms with Gasteiger partial charge in [-0.2, -0.15) is 0 Å². The molecule has 7 nitrogen and oxygen atoms in total. The quantitative estimate of drug-likeness (QED) is 0.641. The Hall–Kier alpha value is -2.03. The average Bonchev–Trinajstić information content (AvgIpc) is 3.16. The number of nitrogens with zero attached hydrogens (tertiary/aromatic N) is 1. The van der Waals surface area contributed by atoms with Crippen LogP contribution in [0, 0.1) is 10.1 Å². The third-order valence-electron chi connectivity index (χ3n) is 3.39. The molecule has 2 unspecified atom stereocenters. The van der Waals surface area contributed by atoms with Crippen molar-refractivity contribution in [3.05, 3.63) is 51.2 Å². The molecule has 0 saturated carbocycles. The predicted molar refractivity (Wildman–Crippen MR) is 85.6 cm³/mol. The number of carboxylic acids is 1. The molecule has 2 atom stereocenters. The van der Waals surface area contributed by atoms with Crippen molar-refractivity contribution in [3.8, 4) is 11.3 Å². The molecule has 1 aliphatic heterocycles. The second-order valence-corrected chi connectivity index (χ2v) is 6.44. The van der Waals surface area contributed by atoms with Crippen LogP contribution in [0.4, 0.5) is 5.69 Å². The monoisotopic (exact) mass is 354 g/mol. The summed E-state index contributed by atoms with van der Waals surface area (Å²) in [6.07, 6.45) is 0. The van der Waals surface area contributed by atoms with E-state index in [9.17, 15) is 14.9 Å². The van der Waals surface area contributed by atoms with E-state index in [1.807, 2.05) is 0 Å². The number of thioether (sulfide) groups is 1. The molecule has 1 aliphatic rings. The van der Waals surface area contributed by atoms with Gasteiger partial charge in [-0.15, -0.1) is 11.8 Å². The Kier molecular flexibility index (Phi) is 4.29. The first-order valence-electron chi connectivity index (χ1n) is 6.60. The summed E-state index contributed by atoms with van der Waals surface area (Å²) in [5.74, 6) is 0.579. The molecule has 1 aromatic carbocycles. The molecule has 0 aliphatic carbocycles. The Labute approximate surface area is 139 Å². The van der Waals surface area contributed by atoms with Gasteiger partial charge in [0.25, 0.3) is 5.69 Å². The minimum atomic E-state index is -0.903. The van der Waals surface area contributed by atoms with Crippen LogP contribution >= 0.6 is 23.4 Å². The van der Waals surface area contributed by atoms with Crippen LogP contribution in [0.2, 0.25) is 5.02 Å². The molecule has 3 rings (SSSR count). The molecule has 1 fully saturated rings. The Morgan fingerprint density at radius 3 is 2.87 bits per heavy atom. The maximum absolute atomic E-state index is 11.0. The normalized spacial score (nSPS) is 20.6. The summed E-state index contributed by atoms with van der Waals surface area (Å²) in [5, 5.41) is 22.7. The van der Waals surface area contributed by atoms with E-state index in [1.54, 1.807) is 18.2 Å². The fourth-order valence-electron chi connectivity index (χ4n) is 2.23. The van der Waals surface area contributed by atoms with Crippen molar-refractivity contribution < 1.29 is 19.2 Å². The van der Waals surface area contributed by atoms with Crippen molar-refractivity contribution in [1.82, 2.24) is 5.32 Å². The molecule has 2 aromatic rings. The number of nitro benzene ring substituents is 1. The van der Waals surface area contributed by atoms with Gasteiger partial charge in [0.15, 0.2) is 0 Å². The number of aliphatic carboxylic acids is 1. The maximum atomic E-state index is 11.0. The topological polar surface area (TPSA) is 106 Å². The lowest BCUT2D eigenvalue weighted by molar-refractivity contribution is -0.384. The third-order valence-corrected chi connectivity index (χ3v) is 4.94. The summed E-state index contributed by atoms with van der Waals surface area (Å²) >= 11 is 7.23. The number of carbonyl (C=O) groups is 1. The number of halogens is 1. The largest absolute Gasteiger partial charge is 0.480 e. The molecule has 1 saturated heterocycles. The van der Waals surface area contributed by atoms with Gasteiger partial charge in [0.1, 0.15) is 28.0 Å². The van der Waals surface area contributed by atoms with Crippen molar-refractivity contribution in [2.24, 2.45) is 0 Å². The van der Waals surface area contributed by atoms with E-state index in [0.29, 0.717) is 22.8 Å². The number of rotatable bonds is 4. The van der Waals surface area contributed by atoms with Crippen LogP contribution in [0.5, 0.6) is 0 Å². The van der Waals surface area contributed by atoms with Gasteiger partial charge in [-0.25, -0.2) is 0 Å². The van der Waals surface area contributed by atoms with E-state index in [0.717, 1.165) is 0 Å². The third kappa shape index (κ3) is 3.19. The smallest absolute Gasteiger partial charge is 0.321 e. The Morgan fingerprint density at radius 2 is 2.22 bits per heavy atom. The average molecular weight is 355 g/mol. The van der Waals surface area contributed by atoms with E-state index in [1.165, 1.54) is 23.9 Å². The molecule has 0 spiro atoms. The fraction of sp³-hybridized carbons (Fsp3) is 0.214. The first kappa shape index (κ1) is 15.9. The Balaban J connectivity index is 1.84. The van der Waals surface area contributed by atoms with Crippen LogP contribution in [0.1, 0.15) is 11.1 Å². The summed E-state index contributed by atoms with van der Waals surface area (Å²) in [6.45, 7) is 0. The minimum Gasteiger partial charge on any atom is -0.480 e. The minimum absolute atomic E-state index is 0.0582. The molecule has 120 valence electrons. The van der Waals surface area contributed by atoms with Gasteiger partial charge in [-0.1, -0.05) is 11.6 Å². The molecule has 1 aromatic heterocycles. The van der Waals surface area contributed by atoms with E-state index in [2.05, 4.69) is 5.32 Å². The highest BCUT2D eigenvalue weighted by molar-refractivity contribution is 7.99. The highest BCUT2D eigenvalue weighted by Crippen LogP contribution is 2.37. The van der Waals surface area contributed by atoms with Crippen molar-refractivity contribution >= 4 is 35.0 Å². The van der Waals surface area contributed by atoms with Gasteiger partial charge >= 0.3 is 5.97 Å². The van der Waals surface area contributed by atoms with Gasteiger partial charge < -0.3 is 9.52 Å². The van der Waals surface area contributed by atoms with Crippen molar-refractivity contribution in [1.29, 1.82) is 0 Å². The summed E-state index contributed by atoms with van der Waals surface area (Å²) in [6, 6.07) is 7.23. The van der Waals surface area contributed by atoms with Crippen LogP contribution in [-0.4, -0.2) is 27.8 Å². The first-order valence-corrected chi connectivity index (χ1v) is 8.03. The second kappa shape index (κ2) is 6.23. The molecule has 0 bridgehead atoms. The van der Waals surface area contributed by atoms with Crippen molar-refractivity contribution in [3.63, 3.8) is 0 Å². The fourth-order valence-corrected chi connectivity index (χ4v) is 3.59. The molecule has 2 N–H and O–H groups in total. The molecular weight excluding hydrogens is 344 g/mol. The molecule has 2 heterocycles. The Morgan fingerprint density at radius 1 is 1.43 bits per heavy atom. The summed E-state index contributed by atoms with van der Waals surface area (Å²) < 4.78 is 5.71. The summed E-state index contributed by atoms with van der Waals surface area (Å²) in [7, 11) is 0. The lowest BCUT2D eigenvalue weighted by Crippen LogP contribution is -2.33. The standard InChI is InChI=1S/C14H11ClN2O5S/c15-8-2-1-7(5-10(8)17(20)21)11-3-4-12(22-11)13-16-9(6-23-13)14(18)19/h1-5,9,13,16H,6H2,(H,18,19). The van der Waals surface area contributed by atoms with Gasteiger partial charge in [0.05, 0.1) is 4.92 Å². The number of furan rings is 1. The summed E-state index contributed by atoms with van der Waals surface area (Å²) in [4.78, 5) is 21.3. The molecule has 0 amide bonds. The molecule has 9 heteroatoms. The number of nitrogens with one attached hydrogen (secondary N) is 1. The van der Waals surface area contributed by atoms with E-state index in [-0.39, 0.29) is 16.1 Å². The van der Waals surface area contributed by atoms with E-state index < -0.39 is 16.9 Å². The van der Waals surface area contributed by atoms with E-state index >= 15 is 0 Å². The van der Waals surface area contributed by atoms with Crippen molar-refractivity contribution in [2.45, 2.75) is 11.4 Å². The van der Waals surface area contributed by atoms with Crippen LogP contribution in [-0.2, 0) is 4.79 Å². The highest BCUT2D eigenvalue weighted by Gasteiger charge is 2.32. The molecule has 23 heavy (non-hydrogen) atoms. The zero-order chi connectivity index (χ0) is 16.6. The van der Waals surface area contributed by atoms with Crippen LogP contribution in [0.3, 0.4) is 0 Å². The number of hydrogen-bond acceptors (Lipinski definition) is 6. The number of benzene rings is 1. The van der Waals surface area contributed by atoms with Gasteiger partial charge in [0, 0.05) is 17.4 Å².